The van der Waals surface area contributed by atoms with Gasteiger partial charge in [0.05, 0.1) is 12.3 Å². The van der Waals surface area contributed by atoms with Crippen molar-refractivity contribution in [1.82, 2.24) is 0 Å². The van der Waals surface area contributed by atoms with Crippen molar-refractivity contribution in [2.45, 2.75) is 6.92 Å². The van der Waals surface area contributed by atoms with Gasteiger partial charge in [0.25, 0.3) is 0 Å². The minimum Gasteiger partial charge on any atom is -0.465 e. The molecule has 0 N–H and O–H groups in total. The van der Waals surface area contributed by atoms with E-state index in [2.05, 4.69) is 4.99 Å². The molecule has 0 spiro atoms. The highest BCUT2D eigenvalue weighted by molar-refractivity contribution is 6.32. The Hall–Kier alpha value is -1.68. The fourth-order valence-electron chi connectivity index (χ4n) is 1.61. The van der Waals surface area contributed by atoms with Gasteiger partial charge in [0.2, 0.25) is 0 Å². The molecule has 0 amide bonds. The second-order valence-corrected chi connectivity index (χ2v) is 3.97. The molecular formula is C12H10ClNO3. The van der Waals surface area contributed by atoms with E-state index in [9.17, 15) is 9.59 Å². The van der Waals surface area contributed by atoms with E-state index in [-0.39, 0.29) is 12.4 Å². The average Bonchev–Trinajstić information content (AvgIpc) is 2.30. The minimum absolute atomic E-state index is 0.235. The minimum atomic E-state index is -0.957. The van der Waals surface area contributed by atoms with Crippen LogP contribution in [-0.4, -0.2) is 24.6 Å². The normalized spacial score (nSPS) is 17.8. The molecule has 1 atom stereocenters. The molecular weight excluding hydrogens is 242 g/mol. The first-order valence-electron chi connectivity index (χ1n) is 5.18. The number of rotatable bonds is 2. The third-order valence-corrected chi connectivity index (χ3v) is 2.64. The summed E-state index contributed by atoms with van der Waals surface area (Å²) >= 11 is 5.81. The van der Waals surface area contributed by atoms with Gasteiger partial charge in [0.15, 0.2) is 11.7 Å². The van der Waals surface area contributed by atoms with Crippen LogP contribution in [0.2, 0.25) is 5.02 Å². The van der Waals surface area contributed by atoms with Crippen LogP contribution < -0.4 is 0 Å². The second kappa shape index (κ2) is 4.67. The lowest BCUT2D eigenvalue weighted by molar-refractivity contribution is -0.143. The van der Waals surface area contributed by atoms with Crippen LogP contribution in [-0.2, 0) is 9.53 Å². The number of ether oxygens (including phenoxy) is 1. The van der Waals surface area contributed by atoms with Crippen molar-refractivity contribution in [2.75, 3.05) is 6.61 Å². The summed E-state index contributed by atoms with van der Waals surface area (Å²) in [4.78, 5) is 27.6. The lowest BCUT2D eigenvalue weighted by atomic mass is 9.95. The summed E-state index contributed by atoms with van der Waals surface area (Å²) in [5.41, 5.74) is 0.887. The summed E-state index contributed by atoms with van der Waals surface area (Å²) in [5, 5.41) is 0.441. The Kier molecular flexibility index (Phi) is 3.24. The number of esters is 1. The highest BCUT2D eigenvalue weighted by Gasteiger charge is 2.31. The maximum Gasteiger partial charge on any atom is 0.322 e. The predicted molar refractivity (Wildman–Crippen MR) is 64.1 cm³/mol. The van der Waals surface area contributed by atoms with Gasteiger partial charge in [-0.25, -0.2) is 0 Å². The third kappa shape index (κ3) is 2.22. The molecule has 4 nitrogen and oxygen atoms in total. The molecule has 0 bridgehead atoms. The van der Waals surface area contributed by atoms with Crippen molar-refractivity contribution < 1.29 is 14.3 Å². The van der Waals surface area contributed by atoms with Crippen LogP contribution >= 0.6 is 11.6 Å². The number of hydrogen-bond donors (Lipinski definition) is 0. The van der Waals surface area contributed by atoms with E-state index >= 15 is 0 Å². The second-order valence-electron chi connectivity index (χ2n) is 3.53. The van der Waals surface area contributed by atoms with Gasteiger partial charge in [-0.2, -0.15) is 0 Å². The standard InChI is InChI=1S/C12H10ClNO3/c1-2-17-12(16)9-6-14-10-4-3-7(13)5-8(10)11(9)15/h3-6,9H,2H2,1H3. The summed E-state index contributed by atoms with van der Waals surface area (Å²) in [7, 11) is 0. The summed E-state index contributed by atoms with van der Waals surface area (Å²) in [6.45, 7) is 1.92. The monoisotopic (exact) mass is 251 g/mol. The summed E-state index contributed by atoms with van der Waals surface area (Å²) in [5.74, 6) is -1.86. The van der Waals surface area contributed by atoms with Gasteiger partial charge in [-0.05, 0) is 25.1 Å². The fraction of sp³-hybridized carbons (Fsp3) is 0.250. The van der Waals surface area contributed by atoms with E-state index in [4.69, 9.17) is 16.3 Å². The van der Waals surface area contributed by atoms with Gasteiger partial charge in [-0.1, -0.05) is 11.6 Å². The molecule has 2 rings (SSSR count). The zero-order valence-corrected chi connectivity index (χ0v) is 9.90. The molecule has 1 aliphatic heterocycles. The number of benzene rings is 1. The Morgan fingerprint density at radius 1 is 1.53 bits per heavy atom. The molecule has 0 aliphatic carbocycles. The number of halogens is 1. The first-order chi connectivity index (χ1) is 8.13. The lowest BCUT2D eigenvalue weighted by Gasteiger charge is -2.16. The van der Waals surface area contributed by atoms with Gasteiger partial charge in [-0.15, -0.1) is 0 Å². The molecule has 1 aromatic carbocycles. The van der Waals surface area contributed by atoms with Crippen molar-refractivity contribution >= 4 is 35.3 Å². The van der Waals surface area contributed by atoms with Crippen LogP contribution in [0.1, 0.15) is 17.3 Å². The number of aliphatic imine (C=N–C) groups is 1. The molecule has 0 aromatic heterocycles. The molecule has 88 valence electrons. The number of hydrogen-bond acceptors (Lipinski definition) is 4. The Labute approximate surface area is 103 Å². The van der Waals surface area contributed by atoms with E-state index in [0.717, 1.165) is 0 Å². The number of nitrogens with zero attached hydrogens (tertiary/aromatic N) is 1. The van der Waals surface area contributed by atoms with Gasteiger partial charge >= 0.3 is 5.97 Å². The van der Waals surface area contributed by atoms with Crippen LogP contribution in [0, 0.1) is 5.92 Å². The van der Waals surface area contributed by atoms with Gasteiger partial charge < -0.3 is 4.74 Å². The number of carbonyl (C=O) groups is 2. The molecule has 17 heavy (non-hydrogen) atoms. The largest absolute Gasteiger partial charge is 0.465 e. The first-order valence-corrected chi connectivity index (χ1v) is 5.56. The van der Waals surface area contributed by atoms with E-state index < -0.39 is 11.9 Å². The number of fused-ring (bicyclic) bond motifs is 1. The topological polar surface area (TPSA) is 55.7 Å². The molecule has 1 aliphatic rings. The third-order valence-electron chi connectivity index (χ3n) is 2.41. The van der Waals surface area contributed by atoms with E-state index in [1.165, 1.54) is 12.3 Å². The van der Waals surface area contributed by atoms with Gasteiger partial charge in [-0.3, -0.25) is 14.6 Å². The zero-order chi connectivity index (χ0) is 12.4. The zero-order valence-electron chi connectivity index (χ0n) is 9.14. The van der Waals surface area contributed by atoms with Gasteiger partial charge in [0, 0.05) is 16.8 Å². The first kappa shape index (κ1) is 11.8. The number of carbonyl (C=O) groups excluding carboxylic acids is 2. The molecule has 1 unspecified atom stereocenters. The van der Waals surface area contributed by atoms with Crippen LogP contribution in [0.25, 0.3) is 0 Å². The van der Waals surface area contributed by atoms with Crippen molar-refractivity contribution in [3.8, 4) is 0 Å². The van der Waals surface area contributed by atoms with Crippen LogP contribution in [0.4, 0.5) is 5.69 Å². The lowest BCUT2D eigenvalue weighted by Crippen LogP contribution is -2.29. The summed E-state index contributed by atoms with van der Waals surface area (Å²) in [6.07, 6.45) is 1.32. The van der Waals surface area contributed by atoms with E-state index in [1.54, 1.807) is 19.1 Å². The molecule has 1 aromatic rings. The Morgan fingerprint density at radius 2 is 2.29 bits per heavy atom. The van der Waals surface area contributed by atoms with Crippen molar-refractivity contribution in [3.63, 3.8) is 0 Å². The van der Waals surface area contributed by atoms with Gasteiger partial charge in [0.1, 0.15) is 0 Å². The molecule has 5 heteroatoms. The maximum atomic E-state index is 12.0. The van der Waals surface area contributed by atoms with E-state index in [1.807, 2.05) is 0 Å². The summed E-state index contributed by atoms with van der Waals surface area (Å²) < 4.78 is 4.81. The predicted octanol–water partition coefficient (Wildman–Crippen LogP) is 2.42. The molecule has 1 heterocycles. The van der Waals surface area contributed by atoms with Crippen LogP contribution in [0.15, 0.2) is 23.2 Å². The Morgan fingerprint density at radius 3 is 3.00 bits per heavy atom. The highest BCUT2D eigenvalue weighted by Crippen LogP contribution is 2.29. The van der Waals surface area contributed by atoms with Crippen molar-refractivity contribution in [1.29, 1.82) is 0 Å². The quantitative estimate of drug-likeness (QED) is 0.599. The van der Waals surface area contributed by atoms with Crippen LogP contribution in [0.3, 0.4) is 0 Å². The smallest absolute Gasteiger partial charge is 0.322 e. The average molecular weight is 252 g/mol. The van der Waals surface area contributed by atoms with E-state index in [0.29, 0.717) is 16.3 Å². The number of ketones is 1. The SMILES string of the molecule is CCOC(=O)C1C=Nc2ccc(Cl)cc2C1=O. The van der Waals surface area contributed by atoms with Crippen LogP contribution in [0.5, 0.6) is 0 Å². The Balaban J connectivity index is 2.35. The van der Waals surface area contributed by atoms with Crippen molar-refractivity contribution in [3.05, 3.63) is 28.8 Å². The summed E-state index contributed by atoms with van der Waals surface area (Å²) in [6, 6.07) is 4.81. The molecule has 0 saturated carbocycles. The Bertz CT molecular complexity index is 510. The molecule has 0 radical (unpaired) electrons. The molecule has 0 fully saturated rings. The van der Waals surface area contributed by atoms with Crippen molar-refractivity contribution in [2.24, 2.45) is 10.9 Å². The maximum absolute atomic E-state index is 12.0. The fourth-order valence-corrected chi connectivity index (χ4v) is 1.78. The number of Topliss-reactive ketones (excluding diaryl/α,β-unsaturated/α-hetero) is 1. The highest BCUT2D eigenvalue weighted by atomic mass is 35.5. The molecule has 0 saturated heterocycles.